The van der Waals surface area contributed by atoms with Gasteiger partial charge in [0.2, 0.25) is 0 Å². The maximum Gasteiger partial charge on any atom is 0.339 e. The molecule has 0 saturated heterocycles. The van der Waals surface area contributed by atoms with E-state index in [1.54, 1.807) is 18.2 Å². The van der Waals surface area contributed by atoms with Gasteiger partial charge in [0.25, 0.3) is 0 Å². The van der Waals surface area contributed by atoms with Gasteiger partial charge in [-0.25, -0.2) is 4.79 Å². The van der Waals surface area contributed by atoms with Crippen molar-refractivity contribution in [2.45, 2.75) is 0 Å². The van der Waals surface area contributed by atoms with Crippen LogP contribution in [0.4, 0.5) is 5.69 Å². The first-order chi connectivity index (χ1) is 9.68. The van der Waals surface area contributed by atoms with Crippen LogP contribution in [0.3, 0.4) is 0 Å². The van der Waals surface area contributed by atoms with Gasteiger partial charge in [-0.15, -0.1) is 0 Å². The van der Waals surface area contributed by atoms with Crippen molar-refractivity contribution in [3.05, 3.63) is 58.6 Å². The molecule has 0 unspecified atom stereocenters. The standard InChI is InChI=1S/C15H14BrNO3/c16-14-12(7-4-8-13(14)17)15(18)20-10-9-19-11-5-2-1-3-6-11/h1-8H,9-10,17H2. The minimum absolute atomic E-state index is 0.176. The summed E-state index contributed by atoms with van der Waals surface area (Å²) >= 11 is 3.27. The zero-order valence-corrected chi connectivity index (χ0v) is 12.3. The Bertz CT molecular complexity index is 587. The maximum atomic E-state index is 11.9. The number of carbonyl (C=O) groups excluding carboxylic acids is 1. The molecule has 0 heterocycles. The molecule has 4 nitrogen and oxygen atoms in total. The van der Waals surface area contributed by atoms with E-state index >= 15 is 0 Å². The Hall–Kier alpha value is -2.01. The molecular formula is C15H14BrNO3. The maximum absolute atomic E-state index is 11.9. The zero-order chi connectivity index (χ0) is 14.4. The lowest BCUT2D eigenvalue weighted by atomic mass is 10.2. The van der Waals surface area contributed by atoms with E-state index in [4.69, 9.17) is 15.2 Å². The first kappa shape index (κ1) is 14.4. The summed E-state index contributed by atoms with van der Waals surface area (Å²) in [4.78, 5) is 11.9. The topological polar surface area (TPSA) is 61.6 Å². The number of hydrogen-bond acceptors (Lipinski definition) is 4. The van der Waals surface area contributed by atoms with Crippen molar-refractivity contribution in [3.63, 3.8) is 0 Å². The van der Waals surface area contributed by atoms with Crippen LogP contribution in [0.5, 0.6) is 5.75 Å². The highest BCUT2D eigenvalue weighted by atomic mass is 79.9. The van der Waals surface area contributed by atoms with Crippen molar-refractivity contribution in [3.8, 4) is 5.75 Å². The molecule has 0 bridgehead atoms. The van der Waals surface area contributed by atoms with E-state index in [9.17, 15) is 4.79 Å². The number of nitrogens with two attached hydrogens (primary N) is 1. The molecule has 20 heavy (non-hydrogen) atoms. The monoisotopic (exact) mass is 335 g/mol. The van der Waals surface area contributed by atoms with Crippen molar-refractivity contribution in [2.75, 3.05) is 18.9 Å². The SMILES string of the molecule is Nc1cccc(C(=O)OCCOc2ccccc2)c1Br. The number of halogens is 1. The number of anilines is 1. The summed E-state index contributed by atoms with van der Waals surface area (Å²) in [6.45, 7) is 0.477. The van der Waals surface area contributed by atoms with Gasteiger partial charge in [0.15, 0.2) is 0 Å². The van der Waals surface area contributed by atoms with Gasteiger partial charge in [-0.1, -0.05) is 24.3 Å². The van der Waals surface area contributed by atoms with Crippen molar-refractivity contribution in [1.82, 2.24) is 0 Å². The van der Waals surface area contributed by atoms with Gasteiger partial charge in [0.05, 0.1) is 10.0 Å². The number of para-hydroxylation sites is 1. The summed E-state index contributed by atoms with van der Waals surface area (Å²) in [5, 5.41) is 0. The van der Waals surface area contributed by atoms with Crippen LogP contribution in [-0.4, -0.2) is 19.2 Å². The van der Waals surface area contributed by atoms with Gasteiger partial charge in [0, 0.05) is 5.69 Å². The highest BCUT2D eigenvalue weighted by Crippen LogP contribution is 2.24. The molecule has 0 spiro atoms. The number of benzene rings is 2. The molecule has 0 atom stereocenters. The molecule has 2 rings (SSSR count). The quantitative estimate of drug-likeness (QED) is 0.517. The summed E-state index contributed by atoms with van der Waals surface area (Å²) in [6.07, 6.45) is 0. The molecule has 0 radical (unpaired) electrons. The van der Waals surface area contributed by atoms with Crippen LogP contribution in [-0.2, 0) is 4.74 Å². The Labute approximate surface area is 125 Å². The van der Waals surface area contributed by atoms with Crippen LogP contribution in [0.15, 0.2) is 53.0 Å². The fraction of sp³-hybridized carbons (Fsp3) is 0.133. The summed E-state index contributed by atoms with van der Waals surface area (Å²) < 4.78 is 11.1. The predicted molar refractivity (Wildman–Crippen MR) is 80.8 cm³/mol. The molecule has 2 aromatic carbocycles. The molecular weight excluding hydrogens is 322 g/mol. The predicted octanol–water partition coefficient (Wildman–Crippen LogP) is 3.27. The number of hydrogen-bond donors (Lipinski definition) is 1. The summed E-state index contributed by atoms with van der Waals surface area (Å²) in [5.74, 6) is 0.314. The van der Waals surface area contributed by atoms with E-state index in [0.717, 1.165) is 5.75 Å². The number of rotatable bonds is 5. The molecule has 0 aromatic heterocycles. The number of esters is 1. The Morgan fingerprint density at radius 1 is 1.05 bits per heavy atom. The second-order valence-corrected chi connectivity index (χ2v) is 4.80. The minimum atomic E-state index is -0.430. The molecule has 5 heteroatoms. The molecule has 0 aliphatic rings. The largest absolute Gasteiger partial charge is 0.490 e. The van der Waals surface area contributed by atoms with E-state index in [-0.39, 0.29) is 6.61 Å². The van der Waals surface area contributed by atoms with Crippen molar-refractivity contribution < 1.29 is 14.3 Å². The average Bonchev–Trinajstić information content (AvgIpc) is 2.47. The van der Waals surface area contributed by atoms with Crippen LogP contribution in [0.1, 0.15) is 10.4 Å². The summed E-state index contributed by atoms with van der Waals surface area (Å²) in [5.41, 5.74) is 6.62. The molecule has 104 valence electrons. The third-order valence-electron chi connectivity index (χ3n) is 2.58. The smallest absolute Gasteiger partial charge is 0.339 e. The van der Waals surface area contributed by atoms with Crippen molar-refractivity contribution in [1.29, 1.82) is 0 Å². The van der Waals surface area contributed by atoms with Gasteiger partial charge in [-0.05, 0) is 40.2 Å². The lowest BCUT2D eigenvalue weighted by molar-refractivity contribution is 0.0449. The van der Waals surface area contributed by atoms with Crippen LogP contribution < -0.4 is 10.5 Å². The zero-order valence-electron chi connectivity index (χ0n) is 10.7. The first-order valence-electron chi connectivity index (χ1n) is 6.07. The third kappa shape index (κ3) is 3.74. The number of carbonyl (C=O) groups is 1. The van der Waals surface area contributed by atoms with Crippen LogP contribution in [0.25, 0.3) is 0 Å². The van der Waals surface area contributed by atoms with E-state index < -0.39 is 5.97 Å². The van der Waals surface area contributed by atoms with Crippen LogP contribution in [0.2, 0.25) is 0 Å². The molecule has 0 aliphatic carbocycles. The number of nitrogen functional groups attached to an aromatic ring is 1. The van der Waals surface area contributed by atoms with Crippen LogP contribution in [0, 0.1) is 0 Å². The Kier molecular flexibility index (Phi) is 5.01. The molecule has 0 fully saturated rings. The normalized spacial score (nSPS) is 10.1. The fourth-order valence-corrected chi connectivity index (χ4v) is 2.02. The fourth-order valence-electron chi connectivity index (χ4n) is 1.60. The van der Waals surface area contributed by atoms with E-state index in [2.05, 4.69) is 15.9 Å². The summed E-state index contributed by atoms with van der Waals surface area (Å²) in [7, 11) is 0. The highest BCUT2D eigenvalue weighted by Gasteiger charge is 2.12. The molecule has 2 aromatic rings. The lowest BCUT2D eigenvalue weighted by Crippen LogP contribution is -2.13. The molecule has 0 amide bonds. The van der Waals surface area contributed by atoms with E-state index in [1.807, 2.05) is 30.3 Å². The molecule has 0 aliphatic heterocycles. The van der Waals surface area contributed by atoms with Gasteiger partial charge in [0.1, 0.15) is 19.0 Å². The Balaban J connectivity index is 1.82. The van der Waals surface area contributed by atoms with Gasteiger partial charge in [-0.2, -0.15) is 0 Å². The third-order valence-corrected chi connectivity index (χ3v) is 3.46. The molecule has 2 N–H and O–H groups in total. The number of ether oxygens (including phenoxy) is 2. The van der Waals surface area contributed by atoms with Gasteiger partial charge >= 0.3 is 5.97 Å². The second-order valence-electron chi connectivity index (χ2n) is 4.01. The van der Waals surface area contributed by atoms with Gasteiger partial charge in [-0.3, -0.25) is 0 Å². The first-order valence-corrected chi connectivity index (χ1v) is 6.87. The van der Waals surface area contributed by atoms with Crippen molar-refractivity contribution >= 4 is 27.6 Å². The summed E-state index contributed by atoms with van der Waals surface area (Å²) in [6, 6.07) is 14.4. The molecule has 0 saturated carbocycles. The minimum Gasteiger partial charge on any atom is -0.490 e. The van der Waals surface area contributed by atoms with Crippen molar-refractivity contribution in [2.24, 2.45) is 0 Å². The van der Waals surface area contributed by atoms with E-state index in [0.29, 0.717) is 22.3 Å². The lowest BCUT2D eigenvalue weighted by Gasteiger charge is -2.09. The van der Waals surface area contributed by atoms with Gasteiger partial charge < -0.3 is 15.2 Å². The Morgan fingerprint density at radius 3 is 2.55 bits per heavy atom. The van der Waals surface area contributed by atoms with Crippen LogP contribution >= 0.6 is 15.9 Å². The average molecular weight is 336 g/mol. The van der Waals surface area contributed by atoms with E-state index in [1.165, 1.54) is 0 Å². The second kappa shape index (κ2) is 6.96. The Morgan fingerprint density at radius 2 is 1.80 bits per heavy atom. The highest BCUT2D eigenvalue weighted by molar-refractivity contribution is 9.10.